The van der Waals surface area contributed by atoms with Crippen molar-refractivity contribution >= 4 is 17.5 Å². The molecular weight excluding hydrogens is 320 g/mol. The van der Waals surface area contributed by atoms with Gasteiger partial charge in [-0.15, -0.1) is 0 Å². The molecule has 6 heteroatoms. The third-order valence-corrected chi connectivity index (χ3v) is 3.69. The number of nitro groups is 1. The van der Waals surface area contributed by atoms with E-state index in [0.29, 0.717) is 22.6 Å². The van der Waals surface area contributed by atoms with E-state index < -0.39 is 4.92 Å². The van der Waals surface area contributed by atoms with Crippen molar-refractivity contribution in [3.8, 4) is 11.3 Å². The lowest BCUT2D eigenvalue weighted by atomic mass is 10.0. The number of hydrogen-bond acceptors (Lipinski definition) is 5. The molecule has 0 bridgehead atoms. The van der Waals surface area contributed by atoms with Crippen LogP contribution in [0, 0.1) is 17.0 Å². The molecule has 0 saturated carbocycles. The first-order valence-electron chi connectivity index (χ1n) is 7.55. The standard InChI is InChI=1S/C19H14N2O4/c1-13-18(17(22)12-7-14-5-3-2-4-6-14)19(20-25-13)15-8-10-16(11-9-15)21(23)24/h2-12H,1H3/b12-7+. The Kier molecular flexibility index (Phi) is 4.52. The van der Waals surface area contributed by atoms with Crippen LogP contribution in [0.4, 0.5) is 5.69 Å². The molecule has 25 heavy (non-hydrogen) atoms. The minimum atomic E-state index is -0.480. The zero-order valence-electron chi connectivity index (χ0n) is 13.4. The smallest absolute Gasteiger partial charge is 0.269 e. The number of carbonyl (C=O) groups is 1. The summed E-state index contributed by atoms with van der Waals surface area (Å²) in [6.07, 6.45) is 3.18. The maximum absolute atomic E-state index is 12.6. The molecule has 0 unspecified atom stereocenters. The lowest BCUT2D eigenvalue weighted by Crippen LogP contribution is -1.98. The summed E-state index contributed by atoms with van der Waals surface area (Å²) in [7, 11) is 0. The Balaban J connectivity index is 1.92. The highest BCUT2D eigenvalue weighted by Gasteiger charge is 2.20. The zero-order chi connectivity index (χ0) is 17.8. The summed E-state index contributed by atoms with van der Waals surface area (Å²) in [6.45, 7) is 1.66. The van der Waals surface area contributed by atoms with Gasteiger partial charge in [-0.2, -0.15) is 0 Å². The molecule has 0 fully saturated rings. The second-order valence-electron chi connectivity index (χ2n) is 5.37. The van der Waals surface area contributed by atoms with Crippen molar-refractivity contribution in [3.05, 3.63) is 87.7 Å². The van der Waals surface area contributed by atoms with Gasteiger partial charge in [-0.05, 0) is 30.7 Å². The van der Waals surface area contributed by atoms with Crippen molar-refractivity contribution in [2.45, 2.75) is 6.92 Å². The summed E-state index contributed by atoms with van der Waals surface area (Å²) >= 11 is 0. The molecule has 0 aliphatic rings. The molecular formula is C19H14N2O4. The first kappa shape index (κ1) is 16.3. The number of nitrogens with zero attached hydrogens (tertiary/aromatic N) is 2. The summed E-state index contributed by atoms with van der Waals surface area (Å²) in [5.74, 6) is 0.159. The average Bonchev–Trinajstić information content (AvgIpc) is 3.02. The Morgan fingerprint density at radius 2 is 1.80 bits per heavy atom. The monoisotopic (exact) mass is 334 g/mol. The number of rotatable bonds is 5. The van der Waals surface area contributed by atoms with E-state index >= 15 is 0 Å². The normalized spacial score (nSPS) is 10.9. The molecule has 2 aromatic carbocycles. The molecule has 0 spiro atoms. The second kappa shape index (κ2) is 6.92. The molecule has 124 valence electrons. The van der Waals surface area contributed by atoms with Crippen LogP contribution >= 0.6 is 0 Å². The zero-order valence-corrected chi connectivity index (χ0v) is 13.4. The highest BCUT2D eigenvalue weighted by molar-refractivity contribution is 6.11. The summed E-state index contributed by atoms with van der Waals surface area (Å²) < 4.78 is 5.16. The number of nitro benzene ring substituents is 1. The first-order valence-corrected chi connectivity index (χ1v) is 7.55. The number of ketones is 1. The van der Waals surface area contributed by atoms with Gasteiger partial charge in [-0.3, -0.25) is 14.9 Å². The number of aromatic nitrogens is 1. The quantitative estimate of drug-likeness (QED) is 0.298. The van der Waals surface area contributed by atoms with E-state index in [1.807, 2.05) is 30.3 Å². The Bertz CT molecular complexity index is 941. The van der Waals surface area contributed by atoms with Crippen LogP contribution in [0.3, 0.4) is 0 Å². The highest BCUT2D eigenvalue weighted by Crippen LogP contribution is 2.27. The molecule has 0 atom stereocenters. The average molecular weight is 334 g/mol. The molecule has 1 aromatic heterocycles. The number of non-ortho nitro benzene ring substituents is 1. The van der Waals surface area contributed by atoms with Crippen LogP contribution in [-0.4, -0.2) is 15.9 Å². The molecule has 3 aromatic rings. The lowest BCUT2D eigenvalue weighted by Gasteiger charge is -2.00. The van der Waals surface area contributed by atoms with Crippen LogP contribution in [0.1, 0.15) is 21.7 Å². The van der Waals surface area contributed by atoms with Gasteiger partial charge in [0.25, 0.3) is 5.69 Å². The predicted octanol–water partition coefficient (Wildman–Crippen LogP) is 4.45. The van der Waals surface area contributed by atoms with E-state index in [0.717, 1.165) is 5.56 Å². The van der Waals surface area contributed by atoms with E-state index in [2.05, 4.69) is 5.16 Å². The summed E-state index contributed by atoms with van der Waals surface area (Å²) in [6, 6.07) is 15.3. The van der Waals surface area contributed by atoms with Crippen LogP contribution in [-0.2, 0) is 0 Å². The summed E-state index contributed by atoms with van der Waals surface area (Å²) in [5, 5.41) is 14.7. The van der Waals surface area contributed by atoms with Crippen molar-refractivity contribution in [1.82, 2.24) is 5.16 Å². The predicted molar refractivity (Wildman–Crippen MR) is 93.1 cm³/mol. The van der Waals surface area contributed by atoms with Crippen LogP contribution < -0.4 is 0 Å². The molecule has 1 heterocycles. The van der Waals surface area contributed by atoms with Gasteiger partial charge in [0.2, 0.25) is 0 Å². The second-order valence-corrected chi connectivity index (χ2v) is 5.37. The van der Waals surface area contributed by atoms with E-state index in [9.17, 15) is 14.9 Å². The lowest BCUT2D eigenvalue weighted by molar-refractivity contribution is -0.384. The maximum Gasteiger partial charge on any atom is 0.269 e. The van der Waals surface area contributed by atoms with Gasteiger partial charge in [0, 0.05) is 17.7 Å². The van der Waals surface area contributed by atoms with Crippen molar-refractivity contribution < 1.29 is 14.2 Å². The number of aryl methyl sites for hydroxylation is 1. The molecule has 3 rings (SSSR count). The van der Waals surface area contributed by atoms with Gasteiger partial charge >= 0.3 is 0 Å². The SMILES string of the molecule is Cc1onc(-c2ccc([N+](=O)[O-])cc2)c1C(=O)/C=C/c1ccccc1. The third-order valence-electron chi connectivity index (χ3n) is 3.69. The van der Waals surface area contributed by atoms with Crippen molar-refractivity contribution in [1.29, 1.82) is 0 Å². The third kappa shape index (κ3) is 3.53. The van der Waals surface area contributed by atoms with Crippen molar-refractivity contribution in [3.63, 3.8) is 0 Å². The van der Waals surface area contributed by atoms with Gasteiger partial charge in [0.15, 0.2) is 5.78 Å². The molecule has 0 saturated heterocycles. The van der Waals surface area contributed by atoms with Gasteiger partial charge in [-0.1, -0.05) is 41.6 Å². The van der Waals surface area contributed by atoms with E-state index in [1.165, 1.54) is 18.2 Å². The molecule has 6 nitrogen and oxygen atoms in total. The summed E-state index contributed by atoms with van der Waals surface area (Å²) in [5.41, 5.74) is 2.18. The topological polar surface area (TPSA) is 86.2 Å². The molecule has 0 amide bonds. The van der Waals surface area contributed by atoms with Gasteiger partial charge < -0.3 is 4.52 Å². The maximum atomic E-state index is 12.6. The van der Waals surface area contributed by atoms with Gasteiger partial charge in [0.05, 0.1) is 10.5 Å². The Hall–Kier alpha value is -3.54. The molecule has 0 N–H and O–H groups in total. The summed E-state index contributed by atoms with van der Waals surface area (Å²) in [4.78, 5) is 22.9. The van der Waals surface area contributed by atoms with Crippen LogP contribution in [0.25, 0.3) is 17.3 Å². The Labute approximate surface area is 143 Å². The Morgan fingerprint density at radius 1 is 1.12 bits per heavy atom. The van der Waals surface area contributed by atoms with E-state index in [-0.39, 0.29) is 11.5 Å². The Morgan fingerprint density at radius 3 is 2.44 bits per heavy atom. The van der Waals surface area contributed by atoms with Crippen LogP contribution in [0.15, 0.2) is 65.2 Å². The van der Waals surface area contributed by atoms with Crippen molar-refractivity contribution in [2.24, 2.45) is 0 Å². The van der Waals surface area contributed by atoms with Gasteiger partial charge in [0.1, 0.15) is 11.5 Å². The fourth-order valence-electron chi connectivity index (χ4n) is 2.42. The minimum Gasteiger partial charge on any atom is -0.360 e. The fraction of sp³-hybridized carbons (Fsp3) is 0.0526. The molecule has 0 radical (unpaired) electrons. The number of allylic oxidation sites excluding steroid dienone is 1. The van der Waals surface area contributed by atoms with Crippen LogP contribution in [0.5, 0.6) is 0 Å². The number of carbonyl (C=O) groups excluding carboxylic acids is 1. The first-order chi connectivity index (χ1) is 12.1. The fourth-order valence-corrected chi connectivity index (χ4v) is 2.42. The number of benzene rings is 2. The van der Waals surface area contributed by atoms with E-state index in [1.54, 1.807) is 25.1 Å². The largest absolute Gasteiger partial charge is 0.360 e. The van der Waals surface area contributed by atoms with Crippen LogP contribution in [0.2, 0.25) is 0 Å². The molecule has 0 aliphatic heterocycles. The highest BCUT2D eigenvalue weighted by atomic mass is 16.6. The minimum absolute atomic E-state index is 0.0270. The molecule has 0 aliphatic carbocycles. The number of hydrogen-bond donors (Lipinski definition) is 0. The van der Waals surface area contributed by atoms with Gasteiger partial charge in [-0.25, -0.2) is 0 Å². The van der Waals surface area contributed by atoms with Crippen molar-refractivity contribution in [2.75, 3.05) is 0 Å². The van der Waals surface area contributed by atoms with E-state index in [4.69, 9.17) is 4.52 Å².